The highest BCUT2D eigenvalue weighted by atomic mass is 16.5. The van der Waals surface area contributed by atoms with Crippen LogP contribution in [0.3, 0.4) is 0 Å². The molecule has 0 fully saturated rings. The lowest BCUT2D eigenvalue weighted by Gasteiger charge is -2.21. The van der Waals surface area contributed by atoms with E-state index in [1.807, 2.05) is 68.7 Å². The number of fused-ring (bicyclic) bond motifs is 1. The molecule has 4 aromatic heterocycles. The smallest absolute Gasteiger partial charge is 0.266 e. The van der Waals surface area contributed by atoms with Crippen molar-refractivity contribution in [2.45, 2.75) is 19.9 Å². The molecule has 12 heteroatoms. The van der Waals surface area contributed by atoms with E-state index >= 15 is 0 Å². The van der Waals surface area contributed by atoms with E-state index in [1.54, 1.807) is 22.4 Å². The Balaban J connectivity index is 1.54. The van der Waals surface area contributed by atoms with E-state index in [1.165, 1.54) is 6.33 Å². The van der Waals surface area contributed by atoms with Crippen molar-refractivity contribution in [2.24, 2.45) is 7.05 Å². The van der Waals surface area contributed by atoms with E-state index in [2.05, 4.69) is 30.5 Å². The summed E-state index contributed by atoms with van der Waals surface area (Å²) in [5.41, 5.74) is 9.20. The van der Waals surface area contributed by atoms with Crippen molar-refractivity contribution in [1.82, 2.24) is 39.4 Å². The van der Waals surface area contributed by atoms with Crippen LogP contribution >= 0.6 is 0 Å². The van der Waals surface area contributed by atoms with Crippen LogP contribution < -0.4 is 16.6 Å². The number of hydrogen-bond acceptors (Lipinski definition) is 10. The number of hydrogen-bond donors (Lipinski definition) is 2. The number of benzene rings is 2. The van der Waals surface area contributed by atoms with Gasteiger partial charge in [-0.1, -0.05) is 35.5 Å². The van der Waals surface area contributed by atoms with Gasteiger partial charge in [0.05, 0.1) is 28.8 Å². The number of rotatable bonds is 6. The highest BCUT2D eigenvalue weighted by Crippen LogP contribution is 2.32. The summed E-state index contributed by atoms with van der Waals surface area (Å²) in [5.74, 6) is 1.69. The van der Waals surface area contributed by atoms with E-state index in [4.69, 9.17) is 15.2 Å². The summed E-state index contributed by atoms with van der Waals surface area (Å²) in [5, 5.41) is 12.1. The average Bonchev–Trinajstić information content (AvgIpc) is 3.56. The Kier molecular flexibility index (Phi) is 5.83. The number of aromatic nitrogens is 8. The van der Waals surface area contributed by atoms with Gasteiger partial charge in [0.25, 0.3) is 5.56 Å². The van der Waals surface area contributed by atoms with Gasteiger partial charge in [0.2, 0.25) is 11.7 Å². The molecule has 0 spiro atoms. The number of anilines is 2. The Morgan fingerprint density at radius 3 is 2.59 bits per heavy atom. The minimum absolute atomic E-state index is 0.188. The molecule has 2 aromatic carbocycles. The van der Waals surface area contributed by atoms with Crippen molar-refractivity contribution < 1.29 is 4.52 Å². The highest BCUT2D eigenvalue weighted by molar-refractivity contribution is 5.94. The molecule has 0 amide bonds. The van der Waals surface area contributed by atoms with Gasteiger partial charge >= 0.3 is 0 Å². The minimum atomic E-state index is -0.495. The highest BCUT2D eigenvalue weighted by Gasteiger charge is 2.23. The topological polar surface area (TPSA) is 155 Å². The zero-order valence-corrected chi connectivity index (χ0v) is 21.4. The van der Waals surface area contributed by atoms with Gasteiger partial charge in [-0.05, 0) is 30.7 Å². The molecule has 194 valence electrons. The van der Waals surface area contributed by atoms with Crippen LogP contribution in [0.4, 0.5) is 11.6 Å². The van der Waals surface area contributed by atoms with Gasteiger partial charge < -0.3 is 15.6 Å². The van der Waals surface area contributed by atoms with E-state index in [0.717, 1.165) is 11.1 Å². The minimum Gasteiger partial charge on any atom is -0.383 e. The van der Waals surface area contributed by atoms with Gasteiger partial charge in [-0.3, -0.25) is 14.0 Å². The average molecular weight is 521 g/mol. The van der Waals surface area contributed by atoms with Crippen molar-refractivity contribution >= 4 is 22.5 Å². The number of nitrogens with two attached hydrogens (primary N) is 1. The van der Waals surface area contributed by atoms with Crippen LogP contribution in [0.25, 0.3) is 39.1 Å². The molecule has 0 aliphatic rings. The molecule has 1 atom stereocenters. The molecular weight excluding hydrogens is 496 g/mol. The second-order valence-electron chi connectivity index (χ2n) is 9.03. The number of para-hydroxylation sites is 1. The largest absolute Gasteiger partial charge is 0.383 e. The first kappa shape index (κ1) is 24.0. The molecule has 0 saturated heterocycles. The fourth-order valence-electron chi connectivity index (χ4n) is 4.56. The van der Waals surface area contributed by atoms with Gasteiger partial charge in [0.15, 0.2) is 0 Å². The summed E-state index contributed by atoms with van der Waals surface area (Å²) in [7, 11) is 1.84. The van der Waals surface area contributed by atoms with Crippen molar-refractivity contribution in [3.8, 4) is 28.2 Å². The molecule has 0 aliphatic heterocycles. The third kappa shape index (κ3) is 4.27. The van der Waals surface area contributed by atoms with Crippen LogP contribution in [0, 0.1) is 6.92 Å². The summed E-state index contributed by atoms with van der Waals surface area (Å²) in [6, 6.07) is 14.5. The van der Waals surface area contributed by atoms with Crippen LogP contribution in [0.15, 0.2) is 76.6 Å². The quantitative estimate of drug-likeness (QED) is 0.332. The van der Waals surface area contributed by atoms with Crippen LogP contribution in [0.1, 0.15) is 24.7 Å². The molecule has 0 saturated carbocycles. The van der Waals surface area contributed by atoms with E-state index in [9.17, 15) is 4.79 Å². The first-order valence-electron chi connectivity index (χ1n) is 12.2. The normalized spacial score (nSPS) is 12.1. The second-order valence-corrected chi connectivity index (χ2v) is 9.03. The molecule has 1 unspecified atom stereocenters. The van der Waals surface area contributed by atoms with E-state index < -0.39 is 6.04 Å². The first-order chi connectivity index (χ1) is 18.9. The molecule has 3 N–H and O–H groups in total. The number of aryl methyl sites for hydroxylation is 2. The zero-order chi connectivity index (χ0) is 27.1. The first-order valence-corrected chi connectivity index (χ1v) is 12.2. The standard InChI is InChI=1S/C27H24N10O2/c1-15(32-24-22(23(28)29-14-30-24)25-33-16(2)39-35-25)26-34-20-11-7-10-19(17-12-31-36(3)13-17)21(20)27(38)37(26)18-8-5-4-6-9-18/h4-15H,1-3H3,(H3,28,29,30,32). The molecule has 0 aliphatic carbocycles. The molecule has 6 rings (SSSR count). The molecular formula is C27H24N10O2. The lowest BCUT2D eigenvalue weighted by Crippen LogP contribution is -2.28. The van der Waals surface area contributed by atoms with Crippen molar-refractivity contribution in [1.29, 1.82) is 0 Å². The summed E-state index contributed by atoms with van der Waals surface area (Å²) >= 11 is 0. The maximum atomic E-state index is 14.2. The Morgan fingerprint density at radius 2 is 1.87 bits per heavy atom. The maximum Gasteiger partial charge on any atom is 0.266 e. The van der Waals surface area contributed by atoms with E-state index in [0.29, 0.717) is 39.7 Å². The van der Waals surface area contributed by atoms with Gasteiger partial charge in [-0.25, -0.2) is 15.0 Å². The molecule has 0 bridgehead atoms. The lowest BCUT2D eigenvalue weighted by atomic mass is 10.0. The SMILES string of the molecule is Cc1nc(-c2c(N)ncnc2NC(C)c2nc3cccc(-c4cnn(C)c4)c3c(=O)n2-c2ccccc2)no1. The summed E-state index contributed by atoms with van der Waals surface area (Å²) in [6.07, 6.45) is 4.96. The fraction of sp³-hybridized carbons (Fsp3) is 0.148. The fourth-order valence-corrected chi connectivity index (χ4v) is 4.56. The predicted octanol–water partition coefficient (Wildman–Crippen LogP) is 3.69. The van der Waals surface area contributed by atoms with Gasteiger partial charge in [0, 0.05) is 25.7 Å². The van der Waals surface area contributed by atoms with Gasteiger partial charge in [-0.2, -0.15) is 10.1 Å². The summed E-state index contributed by atoms with van der Waals surface area (Å²) in [6.45, 7) is 3.57. The molecule has 6 aromatic rings. The second kappa shape index (κ2) is 9.49. The third-order valence-electron chi connectivity index (χ3n) is 6.32. The molecule has 0 radical (unpaired) electrons. The van der Waals surface area contributed by atoms with Crippen molar-refractivity contribution in [2.75, 3.05) is 11.1 Å². The molecule has 12 nitrogen and oxygen atoms in total. The van der Waals surface area contributed by atoms with Crippen molar-refractivity contribution in [3.63, 3.8) is 0 Å². The van der Waals surface area contributed by atoms with Gasteiger partial charge in [-0.15, -0.1) is 0 Å². The van der Waals surface area contributed by atoms with Crippen LogP contribution in [0.2, 0.25) is 0 Å². The monoisotopic (exact) mass is 520 g/mol. The summed E-state index contributed by atoms with van der Waals surface area (Å²) in [4.78, 5) is 32.0. The number of nitrogens with zero attached hydrogens (tertiary/aromatic N) is 8. The zero-order valence-electron chi connectivity index (χ0n) is 21.4. The van der Waals surface area contributed by atoms with Crippen molar-refractivity contribution in [3.05, 3.63) is 89.3 Å². The Labute approximate surface area is 222 Å². The van der Waals surface area contributed by atoms with Crippen LogP contribution in [-0.2, 0) is 7.05 Å². The van der Waals surface area contributed by atoms with Crippen LogP contribution in [0.5, 0.6) is 0 Å². The third-order valence-corrected chi connectivity index (χ3v) is 6.32. The Bertz CT molecular complexity index is 1870. The Hall–Kier alpha value is -5.39. The van der Waals surface area contributed by atoms with E-state index in [-0.39, 0.29) is 17.2 Å². The number of nitrogen functional groups attached to an aromatic ring is 1. The van der Waals surface area contributed by atoms with Gasteiger partial charge in [0.1, 0.15) is 29.4 Å². The maximum absolute atomic E-state index is 14.2. The molecule has 39 heavy (non-hydrogen) atoms. The number of nitrogens with one attached hydrogen (secondary N) is 1. The summed E-state index contributed by atoms with van der Waals surface area (Å²) < 4.78 is 8.46. The molecule has 4 heterocycles. The Morgan fingerprint density at radius 1 is 1.05 bits per heavy atom. The van der Waals surface area contributed by atoms with Crippen LogP contribution in [-0.4, -0.2) is 39.4 Å². The predicted molar refractivity (Wildman–Crippen MR) is 146 cm³/mol. The lowest BCUT2D eigenvalue weighted by molar-refractivity contribution is 0.394.